The molecule has 1 aromatic rings. The number of benzene rings is 1. The van der Waals surface area contributed by atoms with Crippen LogP contribution < -0.4 is 4.74 Å². The molecule has 0 aromatic heterocycles. The standard InChI is InChI=1S/C23H25NO6/c1-28-22(27)18-17-9-10-23(30-17)13-24(20(25)19(18)23)12-14-5-4-8-16(11-14)29-21(26)15-6-2-3-7-15/h4-5,8-11,15,17-19H,2-3,6-7,12-13H2,1H3/t17-,18-,19+,23+/m1/s1. The fourth-order valence-corrected chi connectivity index (χ4v) is 5.41. The largest absolute Gasteiger partial charge is 0.469 e. The predicted molar refractivity (Wildman–Crippen MR) is 105 cm³/mol. The Balaban J connectivity index is 1.30. The highest BCUT2D eigenvalue weighted by molar-refractivity contribution is 5.91. The molecule has 2 bridgehead atoms. The van der Waals surface area contributed by atoms with Crippen molar-refractivity contribution in [1.82, 2.24) is 4.90 Å². The van der Waals surface area contributed by atoms with Gasteiger partial charge in [0.1, 0.15) is 17.3 Å². The molecule has 4 atom stereocenters. The Hall–Kier alpha value is -2.67. The lowest BCUT2D eigenvalue weighted by atomic mass is 9.77. The molecule has 0 unspecified atom stereocenters. The summed E-state index contributed by atoms with van der Waals surface area (Å²) in [5.41, 5.74) is 0.109. The molecule has 3 fully saturated rings. The van der Waals surface area contributed by atoms with Crippen LogP contribution in [-0.2, 0) is 30.4 Å². The highest BCUT2D eigenvalue weighted by atomic mass is 16.5. The van der Waals surface area contributed by atoms with Gasteiger partial charge in [-0.25, -0.2) is 0 Å². The number of carbonyl (C=O) groups excluding carboxylic acids is 3. The number of fused-ring (bicyclic) bond motifs is 1. The number of esters is 2. The molecule has 1 aliphatic carbocycles. The normalized spacial score (nSPS) is 32.0. The predicted octanol–water partition coefficient (Wildman–Crippen LogP) is 2.24. The Kier molecular flexibility index (Phi) is 4.65. The van der Waals surface area contributed by atoms with Gasteiger partial charge >= 0.3 is 11.9 Å². The first-order valence-electron chi connectivity index (χ1n) is 10.6. The van der Waals surface area contributed by atoms with Crippen molar-refractivity contribution >= 4 is 17.8 Å². The lowest BCUT2D eigenvalue weighted by Gasteiger charge is -2.22. The fraction of sp³-hybridized carbons (Fsp3) is 0.522. The number of rotatable bonds is 5. The first-order chi connectivity index (χ1) is 14.5. The number of amides is 1. The lowest BCUT2D eigenvalue weighted by Crippen LogP contribution is -2.39. The minimum Gasteiger partial charge on any atom is -0.469 e. The minimum absolute atomic E-state index is 0.0122. The van der Waals surface area contributed by atoms with E-state index in [4.69, 9.17) is 14.2 Å². The van der Waals surface area contributed by atoms with Crippen molar-refractivity contribution in [1.29, 1.82) is 0 Å². The maximum atomic E-state index is 13.2. The molecule has 30 heavy (non-hydrogen) atoms. The molecule has 5 rings (SSSR count). The molecule has 3 aliphatic heterocycles. The average molecular weight is 411 g/mol. The summed E-state index contributed by atoms with van der Waals surface area (Å²) in [5.74, 6) is -1.36. The van der Waals surface area contributed by atoms with Crippen molar-refractivity contribution in [2.45, 2.75) is 43.9 Å². The van der Waals surface area contributed by atoms with Gasteiger partial charge in [-0.1, -0.05) is 37.1 Å². The molecule has 0 N–H and O–H groups in total. The number of nitrogens with zero attached hydrogens (tertiary/aromatic N) is 1. The van der Waals surface area contributed by atoms with Gasteiger partial charge < -0.3 is 19.1 Å². The summed E-state index contributed by atoms with van der Waals surface area (Å²) in [7, 11) is 1.33. The van der Waals surface area contributed by atoms with Crippen LogP contribution in [0.2, 0.25) is 0 Å². The third kappa shape index (κ3) is 3.03. The summed E-state index contributed by atoms with van der Waals surface area (Å²) in [5, 5.41) is 0. The highest BCUT2D eigenvalue weighted by Crippen LogP contribution is 2.52. The zero-order valence-corrected chi connectivity index (χ0v) is 16.9. The van der Waals surface area contributed by atoms with Gasteiger partial charge in [-0.05, 0) is 30.5 Å². The van der Waals surface area contributed by atoms with Crippen molar-refractivity contribution in [3.8, 4) is 5.75 Å². The number of ether oxygens (including phenoxy) is 3. The van der Waals surface area contributed by atoms with Crippen LogP contribution in [0.15, 0.2) is 36.4 Å². The Bertz CT molecular complexity index is 920. The van der Waals surface area contributed by atoms with Gasteiger partial charge in [-0.2, -0.15) is 0 Å². The summed E-state index contributed by atoms with van der Waals surface area (Å²) >= 11 is 0. The third-order valence-corrected chi connectivity index (χ3v) is 6.83. The first kappa shape index (κ1) is 19.3. The van der Waals surface area contributed by atoms with Crippen molar-refractivity contribution in [3.05, 3.63) is 42.0 Å². The maximum Gasteiger partial charge on any atom is 0.314 e. The first-order valence-corrected chi connectivity index (χ1v) is 10.6. The van der Waals surface area contributed by atoms with E-state index in [1.165, 1.54) is 7.11 Å². The molecule has 1 aromatic carbocycles. The summed E-state index contributed by atoms with van der Waals surface area (Å²) < 4.78 is 16.5. The van der Waals surface area contributed by atoms with E-state index >= 15 is 0 Å². The van der Waals surface area contributed by atoms with Gasteiger partial charge in [-0.3, -0.25) is 14.4 Å². The lowest BCUT2D eigenvalue weighted by molar-refractivity contribution is -0.151. The summed E-state index contributed by atoms with van der Waals surface area (Å²) in [6.45, 7) is 0.755. The van der Waals surface area contributed by atoms with Crippen molar-refractivity contribution in [2.75, 3.05) is 13.7 Å². The summed E-state index contributed by atoms with van der Waals surface area (Å²) in [4.78, 5) is 39.4. The van der Waals surface area contributed by atoms with E-state index in [2.05, 4.69) is 0 Å². The number of hydrogen-bond donors (Lipinski definition) is 0. The van der Waals surface area contributed by atoms with Crippen LogP contribution in [-0.4, -0.2) is 48.1 Å². The average Bonchev–Trinajstić information content (AvgIpc) is 3.50. The quantitative estimate of drug-likeness (QED) is 0.420. The number of carbonyl (C=O) groups is 3. The van der Waals surface area contributed by atoms with Gasteiger partial charge in [0, 0.05) is 6.54 Å². The fourth-order valence-electron chi connectivity index (χ4n) is 5.41. The summed E-state index contributed by atoms with van der Waals surface area (Å²) in [6, 6.07) is 7.29. The molecule has 7 nitrogen and oxygen atoms in total. The number of hydrogen-bond acceptors (Lipinski definition) is 6. The van der Waals surface area contributed by atoms with Gasteiger partial charge in [0.15, 0.2) is 0 Å². The molecule has 2 saturated heterocycles. The maximum absolute atomic E-state index is 13.2. The highest BCUT2D eigenvalue weighted by Gasteiger charge is 2.67. The molecule has 3 heterocycles. The molecular weight excluding hydrogens is 386 g/mol. The van der Waals surface area contributed by atoms with Crippen LogP contribution in [0.25, 0.3) is 0 Å². The third-order valence-electron chi connectivity index (χ3n) is 6.83. The monoisotopic (exact) mass is 411 g/mol. The van der Waals surface area contributed by atoms with Gasteiger partial charge in [0.2, 0.25) is 5.91 Å². The minimum atomic E-state index is -0.757. The summed E-state index contributed by atoms with van der Waals surface area (Å²) in [6.07, 6.45) is 7.30. The zero-order chi connectivity index (χ0) is 20.9. The second kappa shape index (κ2) is 7.23. The second-order valence-corrected chi connectivity index (χ2v) is 8.67. The Morgan fingerprint density at radius 1 is 1.23 bits per heavy atom. The van der Waals surface area contributed by atoms with E-state index in [-0.39, 0.29) is 17.8 Å². The van der Waals surface area contributed by atoms with Crippen molar-refractivity contribution < 1.29 is 28.6 Å². The topological polar surface area (TPSA) is 82.1 Å². The Morgan fingerprint density at radius 2 is 2.03 bits per heavy atom. The molecular formula is C23H25NO6. The van der Waals surface area contributed by atoms with Crippen LogP contribution in [0.1, 0.15) is 31.2 Å². The van der Waals surface area contributed by atoms with Gasteiger partial charge in [0.25, 0.3) is 0 Å². The van der Waals surface area contributed by atoms with Crippen LogP contribution >= 0.6 is 0 Å². The van der Waals surface area contributed by atoms with Gasteiger partial charge in [0.05, 0.1) is 31.6 Å². The van der Waals surface area contributed by atoms with Crippen LogP contribution in [0.5, 0.6) is 5.75 Å². The number of likely N-dealkylation sites (tertiary alicyclic amines) is 1. The Labute approximate surface area is 175 Å². The zero-order valence-electron chi connectivity index (χ0n) is 16.9. The van der Waals surface area contributed by atoms with E-state index in [1.54, 1.807) is 17.0 Å². The van der Waals surface area contributed by atoms with E-state index in [0.29, 0.717) is 18.8 Å². The van der Waals surface area contributed by atoms with E-state index in [9.17, 15) is 14.4 Å². The molecule has 1 amide bonds. The van der Waals surface area contributed by atoms with Crippen LogP contribution in [0.3, 0.4) is 0 Å². The Morgan fingerprint density at radius 3 is 2.80 bits per heavy atom. The molecule has 1 saturated carbocycles. The van der Waals surface area contributed by atoms with Gasteiger partial charge in [-0.15, -0.1) is 0 Å². The number of methoxy groups -OCH3 is 1. The SMILES string of the molecule is COC(=O)[C@H]1[C@H]2C(=O)N(Cc3cccc(OC(=O)C4CCCC4)c3)C[C@@]23C=C[C@H]1O3. The molecule has 1 spiro atoms. The molecule has 4 aliphatic rings. The molecule has 7 heteroatoms. The van der Waals surface area contributed by atoms with Crippen molar-refractivity contribution in [2.24, 2.45) is 17.8 Å². The molecule has 0 radical (unpaired) electrons. The smallest absolute Gasteiger partial charge is 0.314 e. The molecule has 158 valence electrons. The van der Waals surface area contributed by atoms with Crippen LogP contribution in [0.4, 0.5) is 0 Å². The van der Waals surface area contributed by atoms with E-state index in [0.717, 1.165) is 31.2 Å². The van der Waals surface area contributed by atoms with E-state index in [1.807, 2.05) is 24.3 Å². The van der Waals surface area contributed by atoms with Crippen molar-refractivity contribution in [3.63, 3.8) is 0 Å². The second-order valence-electron chi connectivity index (χ2n) is 8.67. The van der Waals surface area contributed by atoms with Crippen LogP contribution in [0, 0.1) is 17.8 Å². The van der Waals surface area contributed by atoms with E-state index < -0.39 is 29.5 Å².